The minimum absolute atomic E-state index is 0.201. The van der Waals surface area contributed by atoms with Gasteiger partial charge in [-0.15, -0.1) is 0 Å². The molecular weight excluding hydrogens is 266 g/mol. The summed E-state index contributed by atoms with van der Waals surface area (Å²) in [6.07, 6.45) is 1.13. The Hall–Kier alpha value is -1.05. The van der Waals surface area contributed by atoms with Gasteiger partial charge >= 0.3 is 0 Å². The topological polar surface area (TPSA) is 12.0 Å². The molecule has 2 aromatic carbocycles. The highest BCUT2D eigenvalue weighted by Crippen LogP contribution is 2.40. The molecule has 1 atom stereocenters. The van der Waals surface area contributed by atoms with Crippen molar-refractivity contribution >= 4 is 22.4 Å². The van der Waals surface area contributed by atoms with E-state index in [1.54, 1.807) is 0 Å². The molecule has 0 amide bonds. The molecule has 1 N–H and O–H groups in total. The normalized spacial score (nSPS) is 13.7. The van der Waals surface area contributed by atoms with Crippen LogP contribution in [0, 0.1) is 5.41 Å². The Balaban J connectivity index is 2.63. The molecule has 0 fully saturated rings. The average molecular weight is 290 g/mol. The second-order valence-corrected chi connectivity index (χ2v) is 6.42. The van der Waals surface area contributed by atoms with Crippen molar-refractivity contribution in [2.45, 2.75) is 40.2 Å². The van der Waals surface area contributed by atoms with Gasteiger partial charge in [0, 0.05) is 16.5 Å². The van der Waals surface area contributed by atoms with E-state index >= 15 is 0 Å². The summed E-state index contributed by atoms with van der Waals surface area (Å²) in [6.45, 7) is 10.0. The van der Waals surface area contributed by atoms with E-state index in [2.05, 4.69) is 57.3 Å². The highest BCUT2D eigenvalue weighted by atomic mass is 35.5. The minimum atomic E-state index is 0.201. The molecule has 0 spiro atoms. The molecule has 2 rings (SSSR count). The molecule has 0 aliphatic heterocycles. The van der Waals surface area contributed by atoms with E-state index in [-0.39, 0.29) is 5.41 Å². The molecule has 1 unspecified atom stereocenters. The van der Waals surface area contributed by atoms with E-state index in [0.717, 1.165) is 23.4 Å². The number of rotatable bonds is 5. The molecule has 0 radical (unpaired) electrons. The number of nitrogens with one attached hydrogen (secondary N) is 1. The Morgan fingerprint density at radius 2 is 1.70 bits per heavy atom. The molecule has 0 aliphatic rings. The monoisotopic (exact) mass is 289 g/mol. The van der Waals surface area contributed by atoms with Gasteiger partial charge in [-0.25, -0.2) is 0 Å². The van der Waals surface area contributed by atoms with Crippen LogP contribution < -0.4 is 5.32 Å². The van der Waals surface area contributed by atoms with E-state index < -0.39 is 0 Å². The van der Waals surface area contributed by atoms with Crippen molar-refractivity contribution in [1.29, 1.82) is 0 Å². The van der Waals surface area contributed by atoms with Gasteiger partial charge in [-0.1, -0.05) is 69.6 Å². The van der Waals surface area contributed by atoms with E-state index in [1.807, 2.05) is 12.1 Å². The first-order valence-electron chi connectivity index (χ1n) is 7.41. The largest absolute Gasteiger partial charge is 0.310 e. The van der Waals surface area contributed by atoms with Crippen LogP contribution in [0.25, 0.3) is 10.8 Å². The molecular formula is C18H24ClN. The standard InChI is InChI=1S/C18H24ClN/c1-5-18(3,4)17(20-6-2)15-11-12-16(19)14-10-8-7-9-13(14)15/h7-12,17,20H,5-6H2,1-4H3. The van der Waals surface area contributed by atoms with E-state index in [9.17, 15) is 0 Å². The van der Waals surface area contributed by atoms with Gasteiger partial charge in [0.15, 0.2) is 0 Å². The molecule has 0 saturated heterocycles. The second-order valence-electron chi connectivity index (χ2n) is 6.02. The van der Waals surface area contributed by atoms with E-state index in [0.29, 0.717) is 6.04 Å². The van der Waals surface area contributed by atoms with Crippen LogP contribution in [0.3, 0.4) is 0 Å². The Bertz CT molecular complexity index is 589. The van der Waals surface area contributed by atoms with Gasteiger partial charge in [-0.3, -0.25) is 0 Å². The SMILES string of the molecule is CCNC(c1ccc(Cl)c2ccccc12)C(C)(C)CC. The minimum Gasteiger partial charge on any atom is -0.310 e. The maximum atomic E-state index is 6.34. The molecule has 1 nitrogen and oxygen atoms in total. The van der Waals surface area contributed by atoms with Gasteiger partial charge in [0.05, 0.1) is 0 Å². The first-order valence-corrected chi connectivity index (χ1v) is 7.79. The molecule has 0 bridgehead atoms. The molecule has 0 aliphatic carbocycles. The molecule has 0 aromatic heterocycles. The lowest BCUT2D eigenvalue weighted by molar-refractivity contribution is 0.238. The van der Waals surface area contributed by atoms with Gasteiger partial charge < -0.3 is 5.32 Å². The number of fused-ring (bicyclic) bond motifs is 1. The predicted octanol–water partition coefficient (Wildman–Crippen LogP) is 5.58. The zero-order valence-electron chi connectivity index (χ0n) is 12.8. The summed E-state index contributed by atoms with van der Waals surface area (Å²) in [5, 5.41) is 6.88. The van der Waals surface area contributed by atoms with Crippen molar-refractivity contribution in [3.8, 4) is 0 Å². The van der Waals surface area contributed by atoms with Crippen LogP contribution in [-0.4, -0.2) is 6.54 Å². The zero-order chi connectivity index (χ0) is 14.8. The fraction of sp³-hybridized carbons (Fsp3) is 0.444. The highest BCUT2D eigenvalue weighted by molar-refractivity contribution is 6.35. The summed E-state index contributed by atoms with van der Waals surface area (Å²) in [5.74, 6) is 0. The van der Waals surface area contributed by atoms with Gasteiger partial charge in [0.2, 0.25) is 0 Å². The van der Waals surface area contributed by atoms with E-state index in [1.165, 1.54) is 10.9 Å². The highest BCUT2D eigenvalue weighted by Gasteiger charge is 2.29. The summed E-state index contributed by atoms with van der Waals surface area (Å²) in [4.78, 5) is 0. The van der Waals surface area contributed by atoms with Crippen LogP contribution in [0.1, 0.15) is 45.7 Å². The lowest BCUT2D eigenvalue weighted by atomic mass is 9.77. The van der Waals surface area contributed by atoms with Crippen LogP contribution in [0.15, 0.2) is 36.4 Å². The molecule has 108 valence electrons. The number of benzene rings is 2. The summed E-state index contributed by atoms with van der Waals surface area (Å²) in [6, 6.07) is 12.9. The third kappa shape index (κ3) is 2.84. The molecule has 0 heterocycles. The van der Waals surface area contributed by atoms with Crippen molar-refractivity contribution in [3.05, 3.63) is 47.0 Å². The number of halogens is 1. The third-order valence-corrected chi connectivity index (χ3v) is 4.65. The van der Waals surface area contributed by atoms with Gasteiger partial charge in [-0.2, -0.15) is 0 Å². The fourth-order valence-corrected chi connectivity index (χ4v) is 2.98. The predicted molar refractivity (Wildman–Crippen MR) is 89.4 cm³/mol. The smallest absolute Gasteiger partial charge is 0.0484 e. The van der Waals surface area contributed by atoms with Gasteiger partial charge in [-0.05, 0) is 35.4 Å². The van der Waals surface area contributed by atoms with Crippen LogP contribution in [0.4, 0.5) is 0 Å². The zero-order valence-corrected chi connectivity index (χ0v) is 13.6. The van der Waals surface area contributed by atoms with Gasteiger partial charge in [0.1, 0.15) is 0 Å². The lowest BCUT2D eigenvalue weighted by Crippen LogP contribution is -2.34. The maximum Gasteiger partial charge on any atom is 0.0484 e. The molecule has 2 aromatic rings. The fourth-order valence-electron chi connectivity index (χ4n) is 2.75. The van der Waals surface area contributed by atoms with Crippen LogP contribution in [0.5, 0.6) is 0 Å². The van der Waals surface area contributed by atoms with Crippen molar-refractivity contribution < 1.29 is 0 Å². The van der Waals surface area contributed by atoms with Crippen molar-refractivity contribution in [2.75, 3.05) is 6.54 Å². The quantitative estimate of drug-likeness (QED) is 0.757. The summed E-state index contributed by atoms with van der Waals surface area (Å²) >= 11 is 6.34. The second kappa shape index (κ2) is 6.15. The Morgan fingerprint density at radius 1 is 1.05 bits per heavy atom. The summed E-state index contributed by atoms with van der Waals surface area (Å²) in [7, 11) is 0. The lowest BCUT2D eigenvalue weighted by Gasteiger charge is -2.35. The first-order chi connectivity index (χ1) is 9.51. The first kappa shape index (κ1) is 15.3. The Kier molecular flexibility index (Phi) is 4.72. The van der Waals surface area contributed by atoms with Crippen LogP contribution in [0.2, 0.25) is 5.02 Å². The average Bonchev–Trinajstić information content (AvgIpc) is 2.46. The third-order valence-electron chi connectivity index (χ3n) is 4.32. The summed E-state index contributed by atoms with van der Waals surface area (Å²) in [5.41, 5.74) is 1.55. The van der Waals surface area contributed by atoms with Crippen molar-refractivity contribution in [2.24, 2.45) is 5.41 Å². The van der Waals surface area contributed by atoms with E-state index in [4.69, 9.17) is 11.6 Å². The van der Waals surface area contributed by atoms with Crippen LogP contribution >= 0.6 is 11.6 Å². The van der Waals surface area contributed by atoms with Crippen LogP contribution in [-0.2, 0) is 0 Å². The molecule has 0 saturated carbocycles. The number of hydrogen-bond acceptors (Lipinski definition) is 1. The molecule has 2 heteroatoms. The Morgan fingerprint density at radius 3 is 2.30 bits per heavy atom. The van der Waals surface area contributed by atoms with Gasteiger partial charge in [0.25, 0.3) is 0 Å². The Labute approximate surface area is 127 Å². The number of hydrogen-bond donors (Lipinski definition) is 1. The van der Waals surface area contributed by atoms with Crippen molar-refractivity contribution in [1.82, 2.24) is 5.32 Å². The summed E-state index contributed by atoms with van der Waals surface area (Å²) < 4.78 is 0. The molecule has 20 heavy (non-hydrogen) atoms. The van der Waals surface area contributed by atoms with Crippen molar-refractivity contribution in [3.63, 3.8) is 0 Å². The maximum absolute atomic E-state index is 6.34.